The van der Waals surface area contributed by atoms with E-state index in [0.29, 0.717) is 32.7 Å². The summed E-state index contributed by atoms with van der Waals surface area (Å²) in [6.45, 7) is 7.79. The highest BCUT2D eigenvalue weighted by molar-refractivity contribution is 5.88. The van der Waals surface area contributed by atoms with Crippen LogP contribution in [0.5, 0.6) is 5.75 Å². The number of hydrogen-bond donors (Lipinski definition) is 1. The number of carbonyl (C=O) groups is 1. The van der Waals surface area contributed by atoms with E-state index < -0.39 is 5.41 Å². The Balaban J connectivity index is 1.65. The van der Waals surface area contributed by atoms with Crippen molar-refractivity contribution in [3.05, 3.63) is 65.2 Å². The lowest BCUT2D eigenvalue weighted by atomic mass is 9.73. The van der Waals surface area contributed by atoms with Gasteiger partial charge in [0.05, 0.1) is 11.5 Å². The van der Waals surface area contributed by atoms with Crippen LogP contribution < -0.4 is 10.1 Å². The van der Waals surface area contributed by atoms with Crippen LogP contribution in [0.1, 0.15) is 36.5 Å². The van der Waals surface area contributed by atoms with Crippen molar-refractivity contribution in [1.29, 1.82) is 0 Å². The molecule has 1 aliphatic rings. The first-order valence-electron chi connectivity index (χ1n) is 9.65. The standard InChI is InChI=1S/C23H29NO3/c1-17-9-10-21(15-18(17)2)27-16-19(3)24-22(25)23(11-13-26-14-12-23)20-7-5-4-6-8-20/h4-10,15,19H,11-14,16H2,1-3H3,(H,24,25)/t19-/m0/s1. The first kappa shape index (κ1) is 19.4. The summed E-state index contributed by atoms with van der Waals surface area (Å²) >= 11 is 0. The Morgan fingerprint density at radius 2 is 1.81 bits per heavy atom. The molecule has 0 bridgehead atoms. The molecule has 0 spiro atoms. The predicted octanol–water partition coefficient (Wildman–Crippen LogP) is 3.94. The molecule has 0 saturated carbocycles. The summed E-state index contributed by atoms with van der Waals surface area (Å²) in [6, 6.07) is 16.0. The SMILES string of the molecule is Cc1ccc(OC[C@H](C)NC(=O)C2(c3ccccc3)CCOCC2)cc1C. The zero-order valence-corrected chi connectivity index (χ0v) is 16.5. The van der Waals surface area contributed by atoms with Crippen molar-refractivity contribution in [2.24, 2.45) is 0 Å². The molecular formula is C23H29NO3. The fraction of sp³-hybridized carbons (Fsp3) is 0.435. The van der Waals surface area contributed by atoms with E-state index in [9.17, 15) is 4.79 Å². The number of ether oxygens (including phenoxy) is 2. The van der Waals surface area contributed by atoms with Crippen molar-refractivity contribution in [3.8, 4) is 5.75 Å². The van der Waals surface area contributed by atoms with Gasteiger partial charge in [-0.2, -0.15) is 0 Å². The van der Waals surface area contributed by atoms with Crippen LogP contribution in [0.25, 0.3) is 0 Å². The predicted molar refractivity (Wildman–Crippen MR) is 107 cm³/mol. The second-order valence-corrected chi connectivity index (χ2v) is 7.49. The maximum atomic E-state index is 13.2. The van der Waals surface area contributed by atoms with Crippen LogP contribution >= 0.6 is 0 Å². The summed E-state index contributed by atoms with van der Waals surface area (Å²) in [6.07, 6.45) is 1.40. The van der Waals surface area contributed by atoms with Gasteiger partial charge in [-0.1, -0.05) is 36.4 Å². The molecule has 0 radical (unpaired) electrons. The molecule has 1 saturated heterocycles. The van der Waals surface area contributed by atoms with Crippen LogP contribution in [0.15, 0.2) is 48.5 Å². The molecule has 27 heavy (non-hydrogen) atoms. The fourth-order valence-corrected chi connectivity index (χ4v) is 3.55. The number of hydrogen-bond acceptors (Lipinski definition) is 3. The largest absolute Gasteiger partial charge is 0.491 e. The van der Waals surface area contributed by atoms with Crippen molar-refractivity contribution in [2.75, 3.05) is 19.8 Å². The smallest absolute Gasteiger partial charge is 0.231 e. The molecule has 1 atom stereocenters. The van der Waals surface area contributed by atoms with Gasteiger partial charge in [-0.3, -0.25) is 4.79 Å². The molecule has 1 amide bonds. The lowest BCUT2D eigenvalue weighted by Crippen LogP contribution is -2.51. The summed E-state index contributed by atoms with van der Waals surface area (Å²) in [4.78, 5) is 13.2. The van der Waals surface area contributed by atoms with Crippen LogP contribution in [-0.4, -0.2) is 31.8 Å². The Morgan fingerprint density at radius 3 is 2.48 bits per heavy atom. The van der Waals surface area contributed by atoms with Gasteiger partial charge in [0.25, 0.3) is 0 Å². The summed E-state index contributed by atoms with van der Waals surface area (Å²) in [5, 5.41) is 3.17. The molecule has 4 nitrogen and oxygen atoms in total. The Labute approximate surface area is 161 Å². The van der Waals surface area contributed by atoms with Gasteiger partial charge < -0.3 is 14.8 Å². The van der Waals surface area contributed by atoms with Gasteiger partial charge >= 0.3 is 0 Å². The number of benzene rings is 2. The number of aryl methyl sites for hydroxylation is 2. The second kappa shape index (κ2) is 8.57. The first-order valence-corrected chi connectivity index (χ1v) is 9.65. The molecule has 2 aromatic rings. The average molecular weight is 367 g/mol. The quantitative estimate of drug-likeness (QED) is 0.841. The van der Waals surface area contributed by atoms with Crippen molar-refractivity contribution in [1.82, 2.24) is 5.32 Å². The highest BCUT2D eigenvalue weighted by atomic mass is 16.5. The van der Waals surface area contributed by atoms with E-state index in [1.807, 2.05) is 49.4 Å². The lowest BCUT2D eigenvalue weighted by Gasteiger charge is -2.37. The average Bonchev–Trinajstić information content (AvgIpc) is 2.70. The Bertz CT molecular complexity index is 766. The molecule has 144 valence electrons. The number of rotatable bonds is 6. The topological polar surface area (TPSA) is 47.6 Å². The summed E-state index contributed by atoms with van der Waals surface area (Å²) in [5.74, 6) is 0.899. The second-order valence-electron chi connectivity index (χ2n) is 7.49. The maximum Gasteiger partial charge on any atom is 0.231 e. The van der Waals surface area contributed by atoms with Gasteiger partial charge in [0.15, 0.2) is 0 Å². The van der Waals surface area contributed by atoms with Crippen LogP contribution in [0, 0.1) is 13.8 Å². The molecule has 0 aromatic heterocycles. The number of amides is 1. The summed E-state index contributed by atoms with van der Waals surface area (Å²) in [7, 11) is 0. The van der Waals surface area contributed by atoms with E-state index >= 15 is 0 Å². The minimum Gasteiger partial charge on any atom is -0.491 e. The molecule has 3 rings (SSSR count). The normalized spacial score (nSPS) is 17.1. The minimum atomic E-state index is -0.520. The molecule has 1 fully saturated rings. The fourth-order valence-electron chi connectivity index (χ4n) is 3.55. The van der Waals surface area contributed by atoms with Gasteiger partial charge in [-0.15, -0.1) is 0 Å². The van der Waals surface area contributed by atoms with E-state index in [4.69, 9.17) is 9.47 Å². The Kier molecular flexibility index (Phi) is 6.17. The highest BCUT2D eigenvalue weighted by Crippen LogP contribution is 2.35. The van der Waals surface area contributed by atoms with Crippen molar-refractivity contribution >= 4 is 5.91 Å². The highest BCUT2D eigenvalue weighted by Gasteiger charge is 2.41. The third-order valence-electron chi connectivity index (χ3n) is 5.46. The van der Waals surface area contributed by atoms with Crippen LogP contribution in [0.3, 0.4) is 0 Å². The molecule has 4 heteroatoms. The van der Waals surface area contributed by atoms with Crippen molar-refractivity contribution < 1.29 is 14.3 Å². The first-order chi connectivity index (χ1) is 13.0. The van der Waals surface area contributed by atoms with Gasteiger partial charge in [0.2, 0.25) is 5.91 Å². The van der Waals surface area contributed by atoms with Gasteiger partial charge in [0, 0.05) is 13.2 Å². The summed E-state index contributed by atoms with van der Waals surface area (Å²) < 4.78 is 11.4. The van der Waals surface area contributed by atoms with Crippen molar-refractivity contribution in [3.63, 3.8) is 0 Å². The Morgan fingerprint density at radius 1 is 1.11 bits per heavy atom. The molecular weight excluding hydrogens is 338 g/mol. The van der Waals surface area contributed by atoms with E-state index in [2.05, 4.69) is 25.2 Å². The molecule has 1 aliphatic heterocycles. The van der Waals surface area contributed by atoms with Gasteiger partial charge in [-0.05, 0) is 62.4 Å². The Hall–Kier alpha value is -2.33. The molecule has 1 N–H and O–H groups in total. The third-order valence-corrected chi connectivity index (χ3v) is 5.46. The number of nitrogens with one attached hydrogen (secondary N) is 1. The van der Waals surface area contributed by atoms with Crippen LogP contribution in [0.2, 0.25) is 0 Å². The summed E-state index contributed by atoms with van der Waals surface area (Å²) in [5.41, 5.74) is 2.99. The minimum absolute atomic E-state index is 0.0631. The van der Waals surface area contributed by atoms with E-state index in [-0.39, 0.29) is 11.9 Å². The van der Waals surface area contributed by atoms with Crippen LogP contribution in [-0.2, 0) is 14.9 Å². The van der Waals surface area contributed by atoms with Crippen molar-refractivity contribution in [2.45, 2.75) is 45.1 Å². The zero-order valence-electron chi connectivity index (χ0n) is 16.5. The van der Waals surface area contributed by atoms with Gasteiger partial charge in [-0.25, -0.2) is 0 Å². The maximum absolute atomic E-state index is 13.2. The molecule has 0 unspecified atom stereocenters. The van der Waals surface area contributed by atoms with E-state index in [1.165, 1.54) is 11.1 Å². The monoisotopic (exact) mass is 367 g/mol. The molecule has 0 aliphatic carbocycles. The van der Waals surface area contributed by atoms with Crippen LogP contribution in [0.4, 0.5) is 0 Å². The van der Waals surface area contributed by atoms with E-state index in [1.54, 1.807) is 0 Å². The molecule has 1 heterocycles. The third kappa shape index (κ3) is 4.51. The van der Waals surface area contributed by atoms with Gasteiger partial charge in [0.1, 0.15) is 12.4 Å². The lowest BCUT2D eigenvalue weighted by molar-refractivity contribution is -0.131. The molecule has 2 aromatic carbocycles. The van der Waals surface area contributed by atoms with E-state index in [0.717, 1.165) is 11.3 Å². The zero-order chi connectivity index (χ0) is 19.3. The number of carbonyl (C=O) groups excluding carboxylic acids is 1.